The van der Waals surface area contributed by atoms with Crippen molar-refractivity contribution in [3.63, 3.8) is 0 Å². The summed E-state index contributed by atoms with van der Waals surface area (Å²) in [6.45, 7) is 5.13. The molecule has 114 valence electrons. The lowest BCUT2D eigenvalue weighted by molar-refractivity contribution is 0.272. The van der Waals surface area contributed by atoms with Gasteiger partial charge in [-0.1, -0.05) is 37.3 Å². The van der Waals surface area contributed by atoms with Gasteiger partial charge in [0.25, 0.3) is 0 Å². The quantitative estimate of drug-likeness (QED) is 0.757. The number of hydrogen-bond acceptors (Lipinski definition) is 3. The Morgan fingerprint density at radius 3 is 2.62 bits per heavy atom. The van der Waals surface area contributed by atoms with Gasteiger partial charge in [-0.3, -0.25) is 5.32 Å². The Balaban J connectivity index is 2.05. The first-order valence-corrected chi connectivity index (χ1v) is 8.10. The molecule has 0 saturated heterocycles. The van der Waals surface area contributed by atoms with E-state index in [1.165, 1.54) is 19.4 Å². The van der Waals surface area contributed by atoms with Crippen LogP contribution in [0.1, 0.15) is 38.2 Å². The van der Waals surface area contributed by atoms with Crippen LogP contribution in [0.25, 0.3) is 0 Å². The molecule has 1 unspecified atom stereocenters. The van der Waals surface area contributed by atoms with E-state index in [0.29, 0.717) is 0 Å². The number of nitriles is 1. The minimum absolute atomic E-state index is 0.560. The van der Waals surface area contributed by atoms with Crippen LogP contribution in [0.15, 0.2) is 30.3 Å². The normalized spacial score (nSPS) is 17.4. The smallest absolute Gasteiger partial charge is 0.133 e. The molecule has 1 aliphatic rings. The minimum Gasteiger partial charge on any atom is -0.306 e. The number of nitrogens with one attached hydrogen (secondary N) is 1. The topological polar surface area (TPSA) is 39.1 Å². The van der Waals surface area contributed by atoms with Gasteiger partial charge in [0.1, 0.15) is 5.54 Å². The highest BCUT2D eigenvalue weighted by molar-refractivity contribution is 5.31. The molecule has 0 heterocycles. The first-order valence-electron chi connectivity index (χ1n) is 8.10. The third-order valence-electron chi connectivity index (χ3n) is 4.27. The Kier molecular flexibility index (Phi) is 5.78. The lowest BCUT2D eigenvalue weighted by Crippen LogP contribution is -2.44. The molecular weight excluding hydrogens is 258 g/mol. The van der Waals surface area contributed by atoms with Crippen molar-refractivity contribution in [3.05, 3.63) is 35.9 Å². The molecule has 1 fully saturated rings. The summed E-state index contributed by atoms with van der Waals surface area (Å²) in [7, 11) is 2.17. The highest BCUT2D eigenvalue weighted by Crippen LogP contribution is 2.30. The molecule has 2 rings (SSSR count). The maximum atomic E-state index is 9.83. The fourth-order valence-electron chi connectivity index (χ4n) is 2.75. The molecule has 3 heteroatoms. The van der Waals surface area contributed by atoms with Crippen molar-refractivity contribution in [3.8, 4) is 6.07 Å². The van der Waals surface area contributed by atoms with Crippen LogP contribution in [-0.4, -0.2) is 31.6 Å². The van der Waals surface area contributed by atoms with Gasteiger partial charge in [-0.05, 0) is 50.8 Å². The zero-order valence-corrected chi connectivity index (χ0v) is 13.3. The Bertz CT molecular complexity index is 461. The summed E-state index contributed by atoms with van der Waals surface area (Å²) in [6.07, 6.45) is 4.62. The lowest BCUT2D eigenvalue weighted by Gasteiger charge is -2.30. The van der Waals surface area contributed by atoms with E-state index < -0.39 is 5.54 Å². The van der Waals surface area contributed by atoms with E-state index in [4.69, 9.17) is 0 Å². The molecule has 0 spiro atoms. The lowest BCUT2D eigenvalue weighted by atomic mass is 9.87. The van der Waals surface area contributed by atoms with Crippen LogP contribution in [0.3, 0.4) is 0 Å². The standard InChI is InChI=1S/C18H27N3/c1-3-12-20-18(15-19,17-7-5-4-6-8-17)11-13-21(2)14-16-9-10-16/h4-8,16,20H,3,9-14H2,1-2H3. The third kappa shape index (κ3) is 4.56. The molecule has 0 aromatic heterocycles. The van der Waals surface area contributed by atoms with E-state index in [9.17, 15) is 5.26 Å². The van der Waals surface area contributed by atoms with Gasteiger partial charge >= 0.3 is 0 Å². The molecule has 0 radical (unpaired) electrons. The van der Waals surface area contributed by atoms with Crippen molar-refractivity contribution in [1.29, 1.82) is 5.26 Å². The molecule has 1 N–H and O–H groups in total. The molecule has 0 aliphatic heterocycles. The Morgan fingerprint density at radius 2 is 2.05 bits per heavy atom. The average Bonchev–Trinajstić information content (AvgIpc) is 3.33. The summed E-state index contributed by atoms with van der Waals surface area (Å²) in [5, 5.41) is 13.3. The third-order valence-corrected chi connectivity index (χ3v) is 4.27. The molecule has 1 saturated carbocycles. The first-order chi connectivity index (χ1) is 10.2. The highest BCUT2D eigenvalue weighted by atomic mass is 15.1. The van der Waals surface area contributed by atoms with Crippen molar-refractivity contribution in [2.45, 2.75) is 38.1 Å². The fraction of sp³-hybridized carbons (Fsp3) is 0.611. The van der Waals surface area contributed by atoms with Crippen LogP contribution in [0.5, 0.6) is 0 Å². The van der Waals surface area contributed by atoms with Crippen molar-refractivity contribution in [2.75, 3.05) is 26.7 Å². The Morgan fingerprint density at radius 1 is 1.33 bits per heavy atom. The number of benzene rings is 1. The first kappa shape index (κ1) is 16.0. The zero-order chi connectivity index (χ0) is 15.1. The van der Waals surface area contributed by atoms with Gasteiger partial charge < -0.3 is 4.90 Å². The van der Waals surface area contributed by atoms with E-state index in [1.54, 1.807) is 0 Å². The molecular formula is C18H27N3. The van der Waals surface area contributed by atoms with Crippen LogP contribution < -0.4 is 5.32 Å². The van der Waals surface area contributed by atoms with Gasteiger partial charge in [-0.15, -0.1) is 0 Å². The summed E-state index contributed by atoms with van der Waals surface area (Å²) in [5.41, 5.74) is 0.524. The summed E-state index contributed by atoms with van der Waals surface area (Å²) in [4.78, 5) is 2.38. The second-order valence-corrected chi connectivity index (χ2v) is 6.27. The maximum Gasteiger partial charge on any atom is 0.133 e. The summed E-state index contributed by atoms with van der Waals surface area (Å²) >= 11 is 0. The van der Waals surface area contributed by atoms with Crippen molar-refractivity contribution >= 4 is 0 Å². The molecule has 21 heavy (non-hydrogen) atoms. The van der Waals surface area contributed by atoms with E-state index >= 15 is 0 Å². The van der Waals surface area contributed by atoms with E-state index in [0.717, 1.165) is 37.4 Å². The second kappa shape index (κ2) is 7.59. The molecule has 1 aliphatic carbocycles. The number of hydrogen-bond donors (Lipinski definition) is 1. The summed E-state index contributed by atoms with van der Waals surface area (Å²) in [6, 6.07) is 12.7. The van der Waals surface area contributed by atoms with Crippen LogP contribution in [0.2, 0.25) is 0 Å². The number of nitrogens with zero attached hydrogens (tertiary/aromatic N) is 2. The SMILES string of the molecule is CCCNC(C#N)(CCN(C)CC1CC1)c1ccccc1. The van der Waals surface area contributed by atoms with Gasteiger partial charge in [-0.25, -0.2) is 0 Å². The zero-order valence-electron chi connectivity index (χ0n) is 13.3. The summed E-state index contributed by atoms with van der Waals surface area (Å²) in [5.74, 6) is 0.895. The Labute approximate surface area is 129 Å². The van der Waals surface area contributed by atoms with Crippen LogP contribution >= 0.6 is 0 Å². The van der Waals surface area contributed by atoms with Gasteiger partial charge in [0.05, 0.1) is 6.07 Å². The van der Waals surface area contributed by atoms with E-state index in [-0.39, 0.29) is 0 Å². The predicted octanol–water partition coefficient (Wildman–Crippen LogP) is 3.14. The van der Waals surface area contributed by atoms with Gasteiger partial charge in [0.15, 0.2) is 0 Å². The van der Waals surface area contributed by atoms with Gasteiger partial charge in [0, 0.05) is 13.1 Å². The van der Waals surface area contributed by atoms with Crippen LogP contribution in [-0.2, 0) is 5.54 Å². The predicted molar refractivity (Wildman–Crippen MR) is 86.9 cm³/mol. The monoisotopic (exact) mass is 285 g/mol. The van der Waals surface area contributed by atoms with Crippen LogP contribution in [0.4, 0.5) is 0 Å². The molecule has 0 bridgehead atoms. The van der Waals surface area contributed by atoms with Crippen molar-refractivity contribution < 1.29 is 0 Å². The fourth-order valence-corrected chi connectivity index (χ4v) is 2.75. The highest BCUT2D eigenvalue weighted by Gasteiger charge is 2.32. The molecule has 1 atom stereocenters. The van der Waals surface area contributed by atoms with E-state index in [1.807, 2.05) is 18.2 Å². The maximum absolute atomic E-state index is 9.83. The van der Waals surface area contributed by atoms with Gasteiger partial charge in [0.2, 0.25) is 0 Å². The minimum atomic E-state index is -0.560. The van der Waals surface area contributed by atoms with Crippen molar-refractivity contribution in [1.82, 2.24) is 10.2 Å². The molecule has 1 aromatic carbocycles. The Hall–Kier alpha value is -1.37. The average molecular weight is 285 g/mol. The van der Waals surface area contributed by atoms with E-state index in [2.05, 4.69) is 42.4 Å². The van der Waals surface area contributed by atoms with Gasteiger partial charge in [-0.2, -0.15) is 5.26 Å². The molecule has 0 amide bonds. The molecule has 3 nitrogen and oxygen atoms in total. The number of rotatable bonds is 9. The molecule has 1 aromatic rings. The van der Waals surface area contributed by atoms with Crippen molar-refractivity contribution in [2.24, 2.45) is 5.92 Å². The summed E-state index contributed by atoms with van der Waals surface area (Å²) < 4.78 is 0. The second-order valence-electron chi connectivity index (χ2n) is 6.27. The largest absolute Gasteiger partial charge is 0.306 e. The van der Waals surface area contributed by atoms with Crippen LogP contribution in [0, 0.1) is 17.2 Å².